The molecule has 1 aliphatic heterocycles. The Hall–Kier alpha value is -2.77. The van der Waals surface area contributed by atoms with Gasteiger partial charge in [-0.1, -0.05) is 37.5 Å². The van der Waals surface area contributed by atoms with Crippen LogP contribution in [-0.4, -0.2) is 68.1 Å². The standard InChI is InChI=1S/C23H35N5O3/c29-21(12-7-13-24-23(31)26-19-8-3-1-4-9-19)25-18-22(30)28-16-14-27(15-17-28)20-10-5-2-6-11-20/h2,5-6,10-11,19H,1,3-4,7-9,12-18H2,(H,25,29)(H2,24,26,31). The quantitative estimate of drug-likeness (QED) is 0.550. The Morgan fingerprint density at radius 1 is 0.903 bits per heavy atom. The molecule has 8 nitrogen and oxygen atoms in total. The van der Waals surface area contributed by atoms with E-state index in [9.17, 15) is 14.4 Å². The zero-order valence-electron chi connectivity index (χ0n) is 18.3. The van der Waals surface area contributed by atoms with Gasteiger partial charge in [-0.15, -0.1) is 0 Å². The van der Waals surface area contributed by atoms with E-state index < -0.39 is 0 Å². The molecule has 1 aromatic carbocycles. The fourth-order valence-electron chi connectivity index (χ4n) is 4.16. The van der Waals surface area contributed by atoms with Crippen LogP contribution >= 0.6 is 0 Å². The molecule has 1 aromatic rings. The molecular formula is C23H35N5O3. The smallest absolute Gasteiger partial charge is 0.315 e. The minimum atomic E-state index is -0.161. The predicted octanol–water partition coefficient (Wildman–Crippen LogP) is 1.86. The molecule has 1 aliphatic carbocycles. The fourth-order valence-corrected chi connectivity index (χ4v) is 4.16. The molecule has 2 aliphatic rings. The average molecular weight is 430 g/mol. The van der Waals surface area contributed by atoms with Crippen LogP contribution in [0.15, 0.2) is 30.3 Å². The maximum absolute atomic E-state index is 12.4. The molecule has 0 bridgehead atoms. The van der Waals surface area contributed by atoms with Gasteiger partial charge in [0.1, 0.15) is 0 Å². The van der Waals surface area contributed by atoms with Crippen molar-refractivity contribution in [3.63, 3.8) is 0 Å². The van der Waals surface area contributed by atoms with Gasteiger partial charge in [-0.2, -0.15) is 0 Å². The van der Waals surface area contributed by atoms with Crippen molar-refractivity contribution in [2.24, 2.45) is 0 Å². The summed E-state index contributed by atoms with van der Waals surface area (Å²) in [4.78, 5) is 40.3. The summed E-state index contributed by atoms with van der Waals surface area (Å²) in [6, 6.07) is 10.3. The molecule has 170 valence electrons. The Balaban J connectivity index is 1.23. The van der Waals surface area contributed by atoms with Crippen LogP contribution in [0.3, 0.4) is 0 Å². The van der Waals surface area contributed by atoms with E-state index in [0.717, 1.165) is 25.9 Å². The van der Waals surface area contributed by atoms with E-state index in [1.165, 1.54) is 24.9 Å². The van der Waals surface area contributed by atoms with Crippen molar-refractivity contribution in [3.05, 3.63) is 30.3 Å². The summed E-state index contributed by atoms with van der Waals surface area (Å²) >= 11 is 0. The van der Waals surface area contributed by atoms with Crippen molar-refractivity contribution < 1.29 is 14.4 Å². The number of benzene rings is 1. The lowest BCUT2D eigenvalue weighted by Gasteiger charge is -2.36. The molecular weight excluding hydrogens is 394 g/mol. The summed E-state index contributed by atoms with van der Waals surface area (Å²) in [5.74, 6) is -0.211. The number of nitrogens with one attached hydrogen (secondary N) is 3. The summed E-state index contributed by atoms with van der Waals surface area (Å²) < 4.78 is 0. The van der Waals surface area contributed by atoms with Crippen LogP contribution in [0.1, 0.15) is 44.9 Å². The topological polar surface area (TPSA) is 93.8 Å². The Labute approximate surface area is 184 Å². The van der Waals surface area contributed by atoms with E-state index in [1.54, 1.807) is 4.90 Å². The fraction of sp³-hybridized carbons (Fsp3) is 0.609. The summed E-state index contributed by atoms with van der Waals surface area (Å²) in [6.07, 6.45) is 6.53. The molecule has 3 N–H and O–H groups in total. The molecule has 1 saturated carbocycles. The molecule has 2 fully saturated rings. The van der Waals surface area contributed by atoms with Gasteiger partial charge < -0.3 is 25.8 Å². The minimum absolute atomic E-state index is 0.0275. The Morgan fingerprint density at radius 2 is 1.61 bits per heavy atom. The third-order valence-electron chi connectivity index (χ3n) is 6.00. The lowest BCUT2D eigenvalue weighted by Crippen LogP contribution is -2.51. The first kappa shape index (κ1) is 22.9. The van der Waals surface area contributed by atoms with E-state index in [1.807, 2.05) is 18.2 Å². The number of piperazine rings is 1. The summed E-state index contributed by atoms with van der Waals surface area (Å²) in [5.41, 5.74) is 1.17. The Kier molecular flexibility index (Phi) is 8.99. The van der Waals surface area contributed by atoms with Crippen LogP contribution in [-0.2, 0) is 9.59 Å². The highest BCUT2D eigenvalue weighted by Gasteiger charge is 2.21. The van der Waals surface area contributed by atoms with Gasteiger partial charge in [-0.3, -0.25) is 9.59 Å². The molecule has 1 heterocycles. The molecule has 0 unspecified atom stereocenters. The first-order valence-electron chi connectivity index (χ1n) is 11.5. The zero-order chi connectivity index (χ0) is 21.9. The van der Waals surface area contributed by atoms with E-state index >= 15 is 0 Å². The number of hydrogen-bond acceptors (Lipinski definition) is 4. The number of anilines is 1. The second-order valence-electron chi connectivity index (χ2n) is 8.32. The number of carbonyl (C=O) groups excluding carboxylic acids is 3. The van der Waals surface area contributed by atoms with Crippen LogP contribution in [0.4, 0.5) is 10.5 Å². The van der Waals surface area contributed by atoms with Crippen LogP contribution in [0.25, 0.3) is 0 Å². The molecule has 4 amide bonds. The monoisotopic (exact) mass is 429 g/mol. The van der Waals surface area contributed by atoms with Gasteiger partial charge in [-0.25, -0.2) is 4.79 Å². The second kappa shape index (κ2) is 12.2. The Bertz CT molecular complexity index is 713. The number of hydrogen-bond donors (Lipinski definition) is 3. The van der Waals surface area contributed by atoms with Crippen molar-refractivity contribution in [2.45, 2.75) is 51.0 Å². The van der Waals surface area contributed by atoms with Gasteiger partial charge in [-0.05, 0) is 31.4 Å². The van der Waals surface area contributed by atoms with Crippen molar-refractivity contribution in [1.82, 2.24) is 20.9 Å². The molecule has 0 atom stereocenters. The van der Waals surface area contributed by atoms with Crippen LogP contribution in [0, 0.1) is 0 Å². The minimum Gasteiger partial charge on any atom is -0.368 e. The summed E-state index contributed by atoms with van der Waals surface area (Å²) in [5, 5.41) is 8.51. The van der Waals surface area contributed by atoms with Crippen LogP contribution < -0.4 is 20.9 Å². The second-order valence-corrected chi connectivity index (χ2v) is 8.32. The SMILES string of the molecule is O=C(CCCNC(=O)NC1CCCCC1)NCC(=O)N1CCN(c2ccccc2)CC1. The van der Waals surface area contributed by atoms with Gasteiger partial charge in [0.05, 0.1) is 6.54 Å². The predicted molar refractivity (Wildman–Crippen MR) is 121 cm³/mol. The number of nitrogens with zero attached hydrogens (tertiary/aromatic N) is 2. The molecule has 0 radical (unpaired) electrons. The highest BCUT2D eigenvalue weighted by molar-refractivity contribution is 5.85. The zero-order valence-corrected chi connectivity index (χ0v) is 18.3. The Morgan fingerprint density at radius 3 is 2.32 bits per heavy atom. The molecule has 31 heavy (non-hydrogen) atoms. The lowest BCUT2D eigenvalue weighted by atomic mass is 9.96. The number of amides is 4. The largest absolute Gasteiger partial charge is 0.368 e. The van der Waals surface area contributed by atoms with Gasteiger partial charge in [0.2, 0.25) is 11.8 Å². The van der Waals surface area contributed by atoms with Crippen molar-refractivity contribution in [1.29, 1.82) is 0 Å². The van der Waals surface area contributed by atoms with E-state index in [-0.39, 0.29) is 30.4 Å². The maximum atomic E-state index is 12.4. The van der Waals surface area contributed by atoms with Crippen molar-refractivity contribution in [2.75, 3.05) is 44.2 Å². The van der Waals surface area contributed by atoms with Crippen LogP contribution in [0.5, 0.6) is 0 Å². The molecule has 0 aromatic heterocycles. The third-order valence-corrected chi connectivity index (χ3v) is 6.00. The van der Waals surface area contributed by atoms with E-state index in [2.05, 4.69) is 33.0 Å². The highest BCUT2D eigenvalue weighted by atomic mass is 16.2. The van der Waals surface area contributed by atoms with Gasteiger partial charge in [0.25, 0.3) is 0 Å². The lowest BCUT2D eigenvalue weighted by molar-refractivity contribution is -0.133. The highest BCUT2D eigenvalue weighted by Crippen LogP contribution is 2.17. The number of rotatable bonds is 8. The summed E-state index contributed by atoms with van der Waals surface area (Å²) in [6.45, 7) is 3.37. The van der Waals surface area contributed by atoms with Gasteiger partial charge in [0, 0.05) is 50.9 Å². The number of carbonyl (C=O) groups is 3. The maximum Gasteiger partial charge on any atom is 0.315 e. The van der Waals surface area contributed by atoms with E-state index in [0.29, 0.717) is 32.5 Å². The normalized spacial score (nSPS) is 17.2. The van der Waals surface area contributed by atoms with Crippen LogP contribution in [0.2, 0.25) is 0 Å². The van der Waals surface area contributed by atoms with E-state index in [4.69, 9.17) is 0 Å². The number of urea groups is 1. The molecule has 3 rings (SSSR count). The molecule has 0 spiro atoms. The molecule has 1 saturated heterocycles. The van der Waals surface area contributed by atoms with Gasteiger partial charge >= 0.3 is 6.03 Å². The first-order valence-corrected chi connectivity index (χ1v) is 11.5. The van der Waals surface area contributed by atoms with Crippen molar-refractivity contribution >= 4 is 23.5 Å². The molecule has 8 heteroatoms. The number of para-hydroxylation sites is 1. The summed E-state index contributed by atoms with van der Waals surface area (Å²) in [7, 11) is 0. The third kappa shape index (κ3) is 7.77. The van der Waals surface area contributed by atoms with Gasteiger partial charge in [0.15, 0.2) is 0 Å². The average Bonchev–Trinajstić information content (AvgIpc) is 2.81. The van der Waals surface area contributed by atoms with Crippen molar-refractivity contribution in [3.8, 4) is 0 Å². The first-order chi connectivity index (χ1) is 15.1.